The van der Waals surface area contributed by atoms with Crippen LogP contribution in [0.25, 0.3) is 11.5 Å². The van der Waals surface area contributed by atoms with Gasteiger partial charge >= 0.3 is 0 Å². The van der Waals surface area contributed by atoms with Gasteiger partial charge in [0.1, 0.15) is 12.1 Å². The molecule has 21 heavy (non-hydrogen) atoms. The van der Waals surface area contributed by atoms with Crippen molar-refractivity contribution in [2.45, 2.75) is 6.54 Å². The molecule has 0 atom stereocenters. The summed E-state index contributed by atoms with van der Waals surface area (Å²) in [7, 11) is 1.60. The van der Waals surface area contributed by atoms with E-state index in [2.05, 4.69) is 10.3 Å². The van der Waals surface area contributed by atoms with E-state index in [1.807, 2.05) is 0 Å². The Balaban J connectivity index is 2.12. The predicted octanol–water partition coefficient (Wildman–Crippen LogP) is 2.12. The summed E-state index contributed by atoms with van der Waals surface area (Å²) in [4.78, 5) is 14.2. The highest BCUT2D eigenvalue weighted by Crippen LogP contribution is 2.25. The van der Waals surface area contributed by atoms with Crippen LogP contribution < -0.4 is 5.32 Å². The van der Waals surface area contributed by atoms with Crippen LogP contribution in [0.2, 0.25) is 0 Å². The Kier molecular flexibility index (Phi) is 4.96. The Labute approximate surface area is 119 Å². The minimum atomic E-state index is -0.711. The molecule has 112 valence electrons. The standard InChI is InChI=1S/C13H14FN3O4/c1-20-3-2-15-7-11-8-21-13(16-11)9-4-10(14)6-12(5-9)17(18)19/h4-6,8,15H,2-3,7H2,1H3. The lowest BCUT2D eigenvalue weighted by atomic mass is 10.2. The second-order valence-electron chi connectivity index (χ2n) is 4.27. The second kappa shape index (κ2) is 6.91. The normalized spacial score (nSPS) is 10.8. The molecule has 2 aromatic rings. The summed E-state index contributed by atoms with van der Waals surface area (Å²) in [6.07, 6.45) is 1.42. The minimum Gasteiger partial charge on any atom is -0.444 e. The molecular weight excluding hydrogens is 281 g/mol. The van der Waals surface area contributed by atoms with Crippen LogP contribution in [0, 0.1) is 15.9 Å². The van der Waals surface area contributed by atoms with Gasteiger partial charge in [-0.2, -0.15) is 0 Å². The van der Waals surface area contributed by atoms with Gasteiger partial charge in [-0.15, -0.1) is 0 Å². The van der Waals surface area contributed by atoms with Crippen molar-refractivity contribution in [3.05, 3.63) is 46.1 Å². The third-order valence-electron chi connectivity index (χ3n) is 2.68. The summed E-state index contributed by atoms with van der Waals surface area (Å²) in [5.41, 5.74) is 0.501. The molecule has 1 aromatic carbocycles. The van der Waals surface area contributed by atoms with Crippen LogP contribution in [-0.2, 0) is 11.3 Å². The van der Waals surface area contributed by atoms with E-state index in [1.165, 1.54) is 12.3 Å². The van der Waals surface area contributed by atoms with Gasteiger partial charge in [-0.25, -0.2) is 9.37 Å². The van der Waals surface area contributed by atoms with Gasteiger partial charge in [-0.1, -0.05) is 0 Å². The van der Waals surface area contributed by atoms with Crippen LogP contribution >= 0.6 is 0 Å². The molecule has 0 aliphatic rings. The van der Waals surface area contributed by atoms with E-state index in [-0.39, 0.29) is 17.1 Å². The van der Waals surface area contributed by atoms with E-state index in [1.54, 1.807) is 7.11 Å². The number of hydrogen-bond donors (Lipinski definition) is 1. The number of non-ortho nitro benzene ring substituents is 1. The van der Waals surface area contributed by atoms with E-state index >= 15 is 0 Å². The van der Waals surface area contributed by atoms with Crippen LogP contribution in [0.15, 0.2) is 28.9 Å². The number of nitrogens with zero attached hydrogens (tertiary/aromatic N) is 2. The highest BCUT2D eigenvalue weighted by atomic mass is 19.1. The molecule has 0 saturated heterocycles. The van der Waals surface area contributed by atoms with E-state index in [0.29, 0.717) is 25.4 Å². The van der Waals surface area contributed by atoms with E-state index in [4.69, 9.17) is 9.15 Å². The average molecular weight is 295 g/mol. The molecule has 2 rings (SSSR count). The van der Waals surface area contributed by atoms with Crippen LogP contribution in [0.1, 0.15) is 5.69 Å². The van der Waals surface area contributed by atoms with Gasteiger partial charge in [-0.3, -0.25) is 10.1 Å². The number of oxazole rings is 1. The van der Waals surface area contributed by atoms with Crippen molar-refractivity contribution in [2.75, 3.05) is 20.3 Å². The summed E-state index contributed by atoms with van der Waals surface area (Å²) in [6.45, 7) is 1.69. The second-order valence-corrected chi connectivity index (χ2v) is 4.27. The van der Waals surface area contributed by atoms with Crippen molar-refractivity contribution >= 4 is 5.69 Å². The zero-order valence-electron chi connectivity index (χ0n) is 11.3. The third kappa shape index (κ3) is 4.07. The maximum atomic E-state index is 13.4. The van der Waals surface area contributed by atoms with Crippen LogP contribution in [0.4, 0.5) is 10.1 Å². The van der Waals surface area contributed by atoms with Crippen LogP contribution in [0.5, 0.6) is 0 Å². The van der Waals surface area contributed by atoms with E-state index < -0.39 is 10.7 Å². The van der Waals surface area contributed by atoms with E-state index in [0.717, 1.165) is 12.1 Å². The van der Waals surface area contributed by atoms with Gasteiger partial charge in [0.15, 0.2) is 0 Å². The van der Waals surface area contributed by atoms with Crippen molar-refractivity contribution < 1.29 is 18.5 Å². The molecule has 7 nitrogen and oxygen atoms in total. The van der Waals surface area contributed by atoms with Crippen molar-refractivity contribution in [1.82, 2.24) is 10.3 Å². The monoisotopic (exact) mass is 295 g/mol. The number of methoxy groups -OCH3 is 1. The Bertz CT molecular complexity index is 630. The lowest BCUT2D eigenvalue weighted by molar-refractivity contribution is -0.385. The SMILES string of the molecule is COCCNCc1coc(-c2cc(F)cc([N+](=O)[O-])c2)n1. The average Bonchev–Trinajstić information content (AvgIpc) is 2.92. The van der Waals surface area contributed by atoms with Crippen molar-refractivity contribution in [3.63, 3.8) is 0 Å². The number of ether oxygens (including phenoxy) is 1. The molecule has 0 amide bonds. The van der Waals surface area contributed by atoms with Gasteiger partial charge in [0.05, 0.1) is 23.3 Å². The maximum Gasteiger partial charge on any atom is 0.273 e. The van der Waals surface area contributed by atoms with Gasteiger partial charge in [-0.05, 0) is 6.07 Å². The number of hydrogen-bond acceptors (Lipinski definition) is 6. The molecule has 0 aliphatic carbocycles. The third-order valence-corrected chi connectivity index (χ3v) is 2.68. The Morgan fingerprint density at radius 3 is 3.00 bits per heavy atom. The van der Waals surface area contributed by atoms with Crippen LogP contribution in [0.3, 0.4) is 0 Å². The number of nitrogens with one attached hydrogen (secondary N) is 1. The highest BCUT2D eigenvalue weighted by molar-refractivity contribution is 5.58. The molecule has 0 bridgehead atoms. The number of benzene rings is 1. The zero-order chi connectivity index (χ0) is 15.2. The topological polar surface area (TPSA) is 90.4 Å². The molecule has 1 aromatic heterocycles. The molecule has 8 heteroatoms. The summed E-state index contributed by atoms with van der Waals surface area (Å²) in [5, 5.41) is 13.8. The van der Waals surface area contributed by atoms with E-state index in [9.17, 15) is 14.5 Å². The lowest BCUT2D eigenvalue weighted by Gasteiger charge is -2.00. The zero-order valence-corrected chi connectivity index (χ0v) is 11.3. The smallest absolute Gasteiger partial charge is 0.273 e. The summed E-state index contributed by atoms with van der Waals surface area (Å²) < 4.78 is 23.5. The fourth-order valence-electron chi connectivity index (χ4n) is 1.71. The van der Waals surface area contributed by atoms with Gasteiger partial charge in [0.25, 0.3) is 5.69 Å². The molecule has 1 N–H and O–H groups in total. The van der Waals surface area contributed by atoms with Crippen molar-refractivity contribution in [3.8, 4) is 11.5 Å². The van der Waals surface area contributed by atoms with Gasteiger partial charge in [0.2, 0.25) is 5.89 Å². The fourth-order valence-corrected chi connectivity index (χ4v) is 1.71. The number of nitro groups is 1. The minimum absolute atomic E-state index is 0.140. The molecule has 0 spiro atoms. The fraction of sp³-hybridized carbons (Fsp3) is 0.308. The number of aromatic nitrogens is 1. The number of rotatable bonds is 7. The molecule has 0 fully saturated rings. The summed E-state index contributed by atoms with van der Waals surface area (Å²) in [5.74, 6) is -0.571. The lowest BCUT2D eigenvalue weighted by Crippen LogP contribution is -2.18. The Hall–Kier alpha value is -2.32. The van der Waals surface area contributed by atoms with Crippen molar-refractivity contribution in [1.29, 1.82) is 0 Å². The number of halogens is 1. The largest absolute Gasteiger partial charge is 0.444 e. The van der Waals surface area contributed by atoms with Gasteiger partial charge in [0, 0.05) is 31.8 Å². The Morgan fingerprint density at radius 1 is 1.48 bits per heavy atom. The molecule has 1 heterocycles. The first-order valence-corrected chi connectivity index (χ1v) is 6.19. The molecular formula is C13H14FN3O4. The van der Waals surface area contributed by atoms with Crippen LogP contribution in [-0.4, -0.2) is 30.2 Å². The first-order valence-electron chi connectivity index (χ1n) is 6.19. The van der Waals surface area contributed by atoms with Gasteiger partial charge < -0.3 is 14.5 Å². The highest BCUT2D eigenvalue weighted by Gasteiger charge is 2.14. The molecule has 0 radical (unpaired) electrons. The number of nitro benzene ring substituents is 1. The quantitative estimate of drug-likeness (QED) is 0.478. The predicted molar refractivity (Wildman–Crippen MR) is 72.1 cm³/mol. The van der Waals surface area contributed by atoms with Crippen molar-refractivity contribution in [2.24, 2.45) is 0 Å². The molecule has 0 aliphatic heterocycles. The summed E-state index contributed by atoms with van der Waals surface area (Å²) in [6, 6.07) is 3.21. The molecule has 0 unspecified atom stereocenters. The maximum absolute atomic E-state index is 13.4. The summed E-state index contributed by atoms with van der Waals surface area (Å²) >= 11 is 0. The molecule has 0 saturated carbocycles. The first kappa shape index (κ1) is 15.1. The Morgan fingerprint density at radius 2 is 2.29 bits per heavy atom. The first-order chi connectivity index (χ1) is 10.1.